The second kappa shape index (κ2) is 2.81. The summed E-state index contributed by atoms with van der Waals surface area (Å²) < 4.78 is 4.84. The number of hydrogen-bond acceptors (Lipinski definition) is 3. The monoisotopic (exact) mass is 157 g/mol. The Morgan fingerprint density at radius 1 is 1.73 bits per heavy atom. The summed E-state index contributed by atoms with van der Waals surface area (Å²) in [5.41, 5.74) is 5.12. The van der Waals surface area contributed by atoms with Gasteiger partial charge < -0.3 is 10.5 Å². The number of carbonyl (C=O) groups is 1. The molecule has 11 heavy (non-hydrogen) atoms. The predicted molar refractivity (Wildman–Crippen MR) is 41.9 cm³/mol. The van der Waals surface area contributed by atoms with Crippen molar-refractivity contribution in [2.45, 2.75) is 32.2 Å². The topological polar surface area (TPSA) is 52.3 Å². The second-order valence-corrected chi connectivity index (χ2v) is 3.07. The van der Waals surface area contributed by atoms with Gasteiger partial charge in [0.1, 0.15) is 5.54 Å². The van der Waals surface area contributed by atoms with Gasteiger partial charge in [0.15, 0.2) is 0 Å². The van der Waals surface area contributed by atoms with Crippen LogP contribution in [0.25, 0.3) is 0 Å². The van der Waals surface area contributed by atoms with Gasteiger partial charge >= 0.3 is 5.97 Å². The van der Waals surface area contributed by atoms with Crippen LogP contribution in [0.5, 0.6) is 0 Å². The molecular weight excluding hydrogens is 142 g/mol. The summed E-state index contributed by atoms with van der Waals surface area (Å²) in [7, 11) is 0. The van der Waals surface area contributed by atoms with Crippen molar-refractivity contribution in [3.8, 4) is 0 Å². The number of nitrogens with two attached hydrogens (primary N) is 1. The lowest BCUT2D eigenvalue weighted by molar-refractivity contribution is -0.146. The lowest BCUT2D eigenvalue weighted by Crippen LogP contribution is -2.37. The smallest absolute Gasteiger partial charge is 0.326 e. The summed E-state index contributed by atoms with van der Waals surface area (Å²) in [6, 6.07) is 0. The Morgan fingerprint density at radius 3 is 2.73 bits per heavy atom. The maximum Gasteiger partial charge on any atom is 0.326 e. The Bertz CT molecular complexity index is 169. The van der Waals surface area contributed by atoms with Crippen molar-refractivity contribution in [2.24, 2.45) is 11.7 Å². The lowest BCUT2D eigenvalue weighted by Gasteiger charge is -2.08. The molecule has 1 fully saturated rings. The molecule has 0 saturated heterocycles. The van der Waals surface area contributed by atoms with Crippen molar-refractivity contribution in [3.63, 3.8) is 0 Å². The van der Waals surface area contributed by atoms with Crippen LogP contribution in [0.3, 0.4) is 0 Å². The Labute approximate surface area is 66.9 Å². The summed E-state index contributed by atoms with van der Waals surface area (Å²) in [4.78, 5) is 11.1. The Kier molecular flexibility index (Phi) is 2.18. The third-order valence-corrected chi connectivity index (χ3v) is 2.30. The fourth-order valence-electron chi connectivity index (χ4n) is 1.37. The molecule has 1 aliphatic rings. The normalized spacial score (nSPS) is 35.0. The van der Waals surface area contributed by atoms with Crippen LogP contribution in [0.15, 0.2) is 0 Å². The van der Waals surface area contributed by atoms with Gasteiger partial charge in [-0.05, 0) is 19.3 Å². The van der Waals surface area contributed by atoms with Crippen LogP contribution in [0.1, 0.15) is 26.7 Å². The van der Waals surface area contributed by atoms with E-state index in [1.165, 1.54) is 0 Å². The first-order valence-corrected chi connectivity index (χ1v) is 4.11. The molecule has 0 aromatic rings. The Balaban J connectivity index is 2.42. The molecule has 0 amide bonds. The molecule has 0 aromatic carbocycles. The fourth-order valence-corrected chi connectivity index (χ4v) is 1.37. The molecule has 2 N–H and O–H groups in total. The van der Waals surface area contributed by atoms with Crippen molar-refractivity contribution in [1.82, 2.24) is 0 Å². The van der Waals surface area contributed by atoms with Crippen molar-refractivity contribution < 1.29 is 9.53 Å². The van der Waals surface area contributed by atoms with E-state index in [2.05, 4.69) is 0 Å². The fraction of sp³-hybridized carbons (Fsp3) is 0.875. The van der Waals surface area contributed by atoms with E-state index in [0.717, 1.165) is 12.8 Å². The van der Waals surface area contributed by atoms with E-state index in [0.29, 0.717) is 12.5 Å². The quantitative estimate of drug-likeness (QED) is 0.613. The zero-order chi connectivity index (χ0) is 8.48. The Hall–Kier alpha value is -0.570. The molecule has 0 aromatic heterocycles. The molecule has 0 unspecified atom stereocenters. The molecule has 1 aliphatic carbocycles. The third kappa shape index (κ3) is 1.38. The Morgan fingerprint density at radius 2 is 2.36 bits per heavy atom. The minimum absolute atomic E-state index is 0.230. The molecule has 0 spiro atoms. The average Bonchev–Trinajstić information content (AvgIpc) is 2.64. The van der Waals surface area contributed by atoms with Gasteiger partial charge in [0.05, 0.1) is 6.61 Å². The molecule has 1 saturated carbocycles. The van der Waals surface area contributed by atoms with Gasteiger partial charge in [-0.15, -0.1) is 0 Å². The van der Waals surface area contributed by atoms with E-state index >= 15 is 0 Å². The molecule has 0 radical (unpaired) electrons. The SMILES string of the molecule is CCOC(=O)[C@]1(N)C[C@H]1CC. The minimum atomic E-state index is -0.634. The molecule has 1 rings (SSSR count). The van der Waals surface area contributed by atoms with Gasteiger partial charge in [0.25, 0.3) is 0 Å². The van der Waals surface area contributed by atoms with Crippen LogP contribution in [-0.4, -0.2) is 18.1 Å². The first-order valence-electron chi connectivity index (χ1n) is 4.11. The molecule has 2 atom stereocenters. The minimum Gasteiger partial charge on any atom is -0.465 e. The number of esters is 1. The number of ether oxygens (including phenoxy) is 1. The molecular formula is C8H15NO2. The average molecular weight is 157 g/mol. The molecule has 3 nitrogen and oxygen atoms in total. The van der Waals surface area contributed by atoms with E-state index in [-0.39, 0.29) is 5.97 Å². The summed E-state index contributed by atoms with van der Waals surface area (Å²) in [5.74, 6) is 0.119. The standard InChI is InChI=1S/C8H15NO2/c1-3-6-5-8(6,9)7(10)11-4-2/h6H,3-5,9H2,1-2H3/t6-,8+/m1/s1. The zero-order valence-electron chi connectivity index (χ0n) is 7.09. The van der Waals surface area contributed by atoms with Crippen LogP contribution in [-0.2, 0) is 9.53 Å². The predicted octanol–water partition coefficient (Wildman–Crippen LogP) is 0.677. The summed E-state index contributed by atoms with van der Waals surface area (Å²) in [5, 5.41) is 0. The second-order valence-electron chi connectivity index (χ2n) is 3.07. The maximum absolute atomic E-state index is 11.1. The zero-order valence-corrected chi connectivity index (χ0v) is 7.09. The van der Waals surface area contributed by atoms with Crippen LogP contribution >= 0.6 is 0 Å². The lowest BCUT2D eigenvalue weighted by atomic mass is 10.2. The first kappa shape index (κ1) is 8.53. The van der Waals surface area contributed by atoms with Gasteiger partial charge in [-0.2, -0.15) is 0 Å². The maximum atomic E-state index is 11.1. The molecule has 3 heteroatoms. The van der Waals surface area contributed by atoms with E-state index in [9.17, 15) is 4.79 Å². The van der Waals surface area contributed by atoms with Gasteiger partial charge in [-0.3, -0.25) is 4.79 Å². The number of carbonyl (C=O) groups excluding carboxylic acids is 1. The molecule has 64 valence electrons. The van der Waals surface area contributed by atoms with E-state index in [1.54, 1.807) is 6.92 Å². The summed E-state index contributed by atoms with van der Waals surface area (Å²) >= 11 is 0. The number of hydrogen-bond donors (Lipinski definition) is 1. The van der Waals surface area contributed by atoms with Crippen molar-refractivity contribution in [3.05, 3.63) is 0 Å². The van der Waals surface area contributed by atoms with Gasteiger partial charge in [0.2, 0.25) is 0 Å². The van der Waals surface area contributed by atoms with Crippen molar-refractivity contribution in [2.75, 3.05) is 6.61 Å². The van der Waals surface area contributed by atoms with Gasteiger partial charge in [0, 0.05) is 0 Å². The van der Waals surface area contributed by atoms with Crippen molar-refractivity contribution >= 4 is 5.97 Å². The molecule has 0 bridgehead atoms. The van der Waals surface area contributed by atoms with Crippen LogP contribution in [0, 0.1) is 5.92 Å². The van der Waals surface area contributed by atoms with Gasteiger partial charge in [-0.1, -0.05) is 13.3 Å². The summed E-state index contributed by atoms with van der Waals surface area (Å²) in [6.45, 7) is 4.26. The summed E-state index contributed by atoms with van der Waals surface area (Å²) in [6.07, 6.45) is 1.76. The van der Waals surface area contributed by atoms with Crippen LogP contribution in [0.4, 0.5) is 0 Å². The number of rotatable bonds is 3. The van der Waals surface area contributed by atoms with Gasteiger partial charge in [-0.25, -0.2) is 0 Å². The highest BCUT2D eigenvalue weighted by Gasteiger charge is 2.57. The highest BCUT2D eigenvalue weighted by molar-refractivity contribution is 5.84. The van der Waals surface area contributed by atoms with Crippen LogP contribution < -0.4 is 5.73 Å². The molecule has 0 heterocycles. The third-order valence-electron chi connectivity index (χ3n) is 2.30. The first-order chi connectivity index (χ1) is 5.15. The van der Waals surface area contributed by atoms with E-state index in [1.807, 2.05) is 6.92 Å². The highest BCUT2D eigenvalue weighted by Crippen LogP contribution is 2.44. The van der Waals surface area contributed by atoms with E-state index < -0.39 is 5.54 Å². The molecule has 0 aliphatic heterocycles. The van der Waals surface area contributed by atoms with E-state index in [4.69, 9.17) is 10.5 Å². The van der Waals surface area contributed by atoms with Crippen molar-refractivity contribution in [1.29, 1.82) is 0 Å². The van der Waals surface area contributed by atoms with Crippen LogP contribution in [0.2, 0.25) is 0 Å². The highest BCUT2D eigenvalue weighted by atomic mass is 16.5. The largest absolute Gasteiger partial charge is 0.465 e.